The first-order chi connectivity index (χ1) is 11.6. The smallest absolute Gasteiger partial charge is 0.270 e. The summed E-state index contributed by atoms with van der Waals surface area (Å²) in [5.74, 6) is 0.165. The molecule has 1 amide bonds. The highest BCUT2D eigenvalue weighted by Gasteiger charge is 2.47. The number of piperidine rings is 1. The lowest BCUT2D eigenvalue weighted by atomic mass is 9.76. The van der Waals surface area contributed by atoms with Crippen molar-refractivity contribution < 1.29 is 4.79 Å². The predicted octanol–water partition coefficient (Wildman–Crippen LogP) is 2.67. The molecule has 0 unspecified atom stereocenters. The molecule has 4 heterocycles. The molecule has 2 aliphatic rings. The van der Waals surface area contributed by atoms with Gasteiger partial charge in [0, 0.05) is 50.3 Å². The molecular formula is C18H24N4OS. The number of rotatable bonds is 3. The molecule has 24 heavy (non-hydrogen) atoms. The van der Waals surface area contributed by atoms with Crippen molar-refractivity contribution in [2.24, 2.45) is 7.05 Å². The first-order valence-corrected chi connectivity index (χ1v) is 9.52. The summed E-state index contributed by atoms with van der Waals surface area (Å²) in [7, 11) is 1.93. The molecule has 0 saturated carbocycles. The van der Waals surface area contributed by atoms with Crippen LogP contribution in [0.2, 0.25) is 0 Å². The zero-order chi connectivity index (χ0) is 16.7. The van der Waals surface area contributed by atoms with Gasteiger partial charge in [-0.2, -0.15) is 0 Å². The van der Waals surface area contributed by atoms with Crippen LogP contribution in [0, 0.1) is 6.92 Å². The lowest BCUT2D eigenvalue weighted by molar-refractivity contribution is -0.0609. The standard InChI is InChI=1S/C18H24N4OS/c1-14-19-15(13-24-14)12-22-11-7-18(22)5-9-21(10-6-18)17(23)16-4-3-8-20(16)2/h3-4,8,13H,5-7,9-12H2,1-2H3. The van der Waals surface area contributed by atoms with Crippen molar-refractivity contribution in [3.05, 3.63) is 40.1 Å². The molecule has 0 aliphatic carbocycles. The molecule has 1 spiro atoms. The van der Waals surface area contributed by atoms with Gasteiger partial charge in [-0.1, -0.05) is 0 Å². The monoisotopic (exact) mass is 344 g/mol. The fourth-order valence-electron chi connectivity index (χ4n) is 4.05. The molecule has 0 atom stereocenters. The molecule has 2 aromatic heterocycles. The van der Waals surface area contributed by atoms with E-state index in [1.807, 2.05) is 34.8 Å². The second-order valence-corrected chi connectivity index (χ2v) is 8.11. The summed E-state index contributed by atoms with van der Waals surface area (Å²) in [6, 6.07) is 3.84. The van der Waals surface area contributed by atoms with Crippen molar-refractivity contribution in [2.75, 3.05) is 19.6 Å². The Morgan fingerprint density at radius 3 is 2.58 bits per heavy atom. The van der Waals surface area contributed by atoms with Crippen LogP contribution in [0.5, 0.6) is 0 Å². The van der Waals surface area contributed by atoms with Gasteiger partial charge in [0.25, 0.3) is 5.91 Å². The van der Waals surface area contributed by atoms with Crippen molar-refractivity contribution in [3.8, 4) is 0 Å². The number of thiazole rings is 1. The molecule has 6 heteroatoms. The van der Waals surface area contributed by atoms with E-state index in [1.165, 1.54) is 12.1 Å². The number of nitrogens with zero attached hydrogens (tertiary/aromatic N) is 4. The summed E-state index contributed by atoms with van der Waals surface area (Å²) in [5.41, 5.74) is 2.27. The Labute approximate surface area is 146 Å². The number of likely N-dealkylation sites (tertiary alicyclic amines) is 2. The molecule has 0 aromatic carbocycles. The van der Waals surface area contributed by atoms with Gasteiger partial charge in [-0.05, 0) is 38.3 Å². The van der Waals surface area contributed by atoms with E-state index < -0.39 is 0 Å². The third kappa shape index (κ3) is 2.67. The van der Waals surface area contributed by atoms with Crippen LogP contribution in [-0.4, -0.2) is 50.4 Å². The van der Waals surface area contributed by atoms with Gasteiger partial charge in [0.1, 0.15) is 5.69 Å². The van der Waals surface area contributed by atoms with E-state index >= 15 is 0 Å². The van der Waals surface area contributed by atoms with Crippen LogP contribution >= 0.6 is 11.3 Å². The SMILES string of the molecule is Cc1nc(CN2CCC23CCN(C(=O)c2cccn2C)CC3)cs1. The van der Waals surface area contributed by atoms with Crippen molar-refractivity contribution in [1.29, 1.82) is 0 Å². The van der Waals surface area contributed by atoms with Gasteiger partial charge < -0.3 is 9.47 Å². The van der Waals surface area contributed by atoms with E-state index in [0.29, 0.717) is 5.54 Å². The number of carbonyl (C=O) groups excluding carboxylic acids is 1. The molecule has 5 nitrogen and oxygen atoms in total. The summed E-state index contributed by atoms with van der Waals surface area (Å²) in [6.07, 6.45) is 5.34. The van der Waals surface area contributed by atoms with E-state index in [-0.39, 0.29) is 5.91 Å². The average molecular weight is 344 g/mol. The maximum absolute atomic E-state index is 12.7. The van der Waals surface area contributed by atoms with E-state index in [4.69, 9.17) is 0 Å². The quantitative estimate of drug-likeness (QED) is 0.860. The summed E-state index contributed by atoms with van der Waals surface area (Å²) in [4.78, 5) is 21.9. The van der Waals surface area contributed by atoms with Gasteiger partial charge in [-0.15, -0.1) is 11.3 Å². The second kappa shape index (κ2) is 6.01. The van der Waals surface area contributed by atoms with E-state index in [0.717, 1.165) is 49.7 Å². The molecule has 2 saturated heterocycles. The minimum Gasteiger partial charge on any atom is -0.347 e. The normalized spacial score (nSPS) is 20.3. The fraction of sp³-hybridized carbons (Fsp3) is 0.556. The molecule has 0 bridgehead atoms. The van der Waals surface area contributed by atoms with Crippen LogP contribution in [0.25, 0.3) is 0 Å². The van der Waals surface area contributed by atoms with Gasteiger partial charge in [-0.25, -0.2) is 4.98 Å². The largest absolute Gasteiger partial charge is 0.347 e. The summed E-state index contributed by atoms with van der Waals surface area (Å²) in [6.45, 7) is 5.89. The fourth-order valence-corrected chi connectivity index (χ4v) is 4.65. The number of aryl methyl sites for hydroxylation is 2. The van der Waals surface area contributed by atoms with Crippen LogP contribution in [0.3, 0.4) is 0 Å². The van der Waals surface area contributed by atoms with Gasteiger partial charge in [0.2, 0.25) is 0 Å². The van der Waals surface area contributed by atoms with Gasteiger partial charge in [-0.3, -0.25) is 9.69 Å². The van der Waals surface area contributed by atoms with Crippen molar-refractivity contribution in [2.45, 2.75) is 38.3 Å². The zero-order valence-electron chi connectivity index (χ0n) is 14.4. The minimum atomic E-state index is 0.165. The Bertz CT molecular complexity index is 742. The number of aromatic nitrogens is 2. The molecule has 0 N–H and O–H groups in total. The summed E-state index contributed by atoms with van der Waals surface area (Å²) in [5, 5.41) is 3.32. The van der Waals surface area contributed by atoms with Gasteiger partial charge >= 0.3 is 0 Å². The molecule has 2 fully saturated rings. The molecule has 0 radical (unpaired) electrons. The number of amides is 1. The predicted molar refractivity (Wildman–Crippen MR) is 95.2 cm³/mol. The van der Waals surface area contributed by atoms with Gasteiger partial charge in [0.05, 0.1) is 10.7 Å². The first-order valence-electron chi connectivity index (χ1n) is 8.64. The maximum Gasteiger partial charge on any atom is 0.270 e. The third-order valence-electron chi connectivity index (χ3n) is 5.68. The second-order valence-electron chi connectivity index (χ2n) is 7.05. The van der Waals surface area contributed by atoms with Crippen molar-refractivity contribution in [3.63, 3.8) is 0 Å². The molecule has 128 valence electrons. The Kier molecular flexibility index (Phi) is 3.96. The van der Waals surface area contributed by atoms with E-state index in [2.05, 4.69) is 22.2 Å². The van der Waals surface area contributed by atoms with E-state index in [9.17, 15) is 4.79 Å². The zero-order valence-corrected chi connectivity index (χ0v) is 15.2. The molecular weight excluding hydrogens is 320 g/mol. The lowest BCUT2D eigenvalue weighted by Crippen LogP contribution is -2.63. The Balaban J connectivity index is 1.38. The van der Waals surface area contributed by atoms with E-state index in [1.54, 1.807) is 11.3 Å². The maximum atomic E-state index is 12.7. The highest BCUT2D eigenvalue weighted by Crippen LogP contribution is 2.41. The topological polar surface area (TPSA) is 41.4 Å². The number of hydrogen-bond donors (Lipinski definition) is 0. The summed E-state index contributed by atoms with van der Waals surface area (Å²) >= 11 is 1.73. The average Bonchev–Trinajstić information content (AvgIpc) is 3.19. The van der Waals surface area contributed by atoms with Crippen LogP contribution in [-0.2, 0) is 13.6 Å². The molecule has 2 aromatic rings. The Morgan fingerprint density at radius 2 is 2.04 bits per heavy atom. The van der Waals surface area contributed by atoms with Gasteiger partial charge in [0.15, 0.2) is 0 Å². The van der Waals surface area contributed by atoms with Crippen LogP contribution in [0.4, 0.5) is 0 Å². The van der Waals surface area contributed by atoms with Crippen molar-refractivity contribution in [1.82, 2.24) is 19.4 Å². The summed E-state index contributed by atoms with van der Waals surface area (Å²) < 4.78 is 1.91. The Morgan fingerprint density at radius 1 is 1.29 bits per heavy atom. The first kappa shape index (κ1) is 15.8. The van der Waals surface area contributed by atoms with Crippen LogP contribution < -0.4 is 0 Å². The van der Waals surface area contributed by atoms with Crippen LogP contribution in [0.1, 0.15) is 40.5 Å². The number of hydrogen-bond acceptors (Lipinski definition) is 4. The molecule has 2 aliphatic heterocycles. The molecule has 4 rings (SSSR count). The third-order valence-corrected chi connectivity index (χ3v) is 6.50. The Hall–Kier alpha value is -1.66. The minimum absolute atomic E-state index is 0.165. The highest BCUT2D eigenvalue weighted by atomic mass is 32.1. The highest BCUT2D eigenvalue weighted by molar-refractivity contribution is 7.09. The van der Waals surface area contributed by atoms with Crippen LogP contribution in [0.15, 0.2) is 23.7 Å². The number of carbonyl (C=O) groups is 1. The van der Waals surface area contributed by atoms with Crippen molar-refractivity contribution >= 4 is 17.2 Å². The lowest BCUT2D eigenvalue weighted by Gasteiger charge is -2.56.